The highest BCUT2D eigenvalue weighted by Crippen LogP contribution is 2.29. The molecule has 0 radical (unpaired) electrons. The summed E-state index contributed by atoms with van der Waals surface area (Å²) in [5, 5.41) is 14.4. The minimum atomic E-state index is -0.726. The number of para-hydroxylation sites is 1. The van der Waals surface area contributed by atoms with Gasteiger partial charge in [-0.1, -0.05) is 49.2 Å². The summed E-state index contributed by atoms with van der Waals surface area (Å²) in [6.07, 6.45) is 0.763. The molecule has 7 heteroatoms. The Morgan fingerprint density at radius 1 is 1.18 bits per heavy atom. The third-order valence-corrected chi connectivity index (χ3v) is 5.03. The van der Waals surface area contributed by atoms with E-state index in [9.17, 15) is 14.7 Å². The molecule has 0 aliphatic rings. The number of aryl methyl sites for hydroxylation is 1. The number of benzene rings is 2. The van der Waals surface area contributed by atoms with Gasteiger partial charge in [0, 0.05) is 17.0 Å². The Kier molecular flexibility index (Phi) is 5.96. The Morgan fingerprint density at radius 3 is 2.57 bits per heavy atom. The van der Waals surface area contributed by atoms with E-state index in [1.165, 1.54) is 16.7 Å². The molecule has 5 nitrogen and oxygen atoms in total. The van der Waals surface area contributed by atoms with Gasteiger partial charge in [-0.2, -0.15) is 0 Å². The van der Waals surface area contributed by atoms with Crippen molar-refractivity contribution in [1.29, 1.82) is 0 Å². The van der Waals surface area contributed by atoms with E-state index in [0.717, 1.165) is 6.42 Å². The van der Waals surface area contributed by atoms with Crippen LogP contribution in [0.1, 0.15) is 30.6 Å². The molecule has 2 aromatic carbocycles. The number of rotatable bonds is 5. The van der Waals surface area contributed by atoms with Crippen LogP contribution in [0, 0.1) is 5.92 Å². The fourth-order valence-electron chi connectivity index (χ4n) is 2.98. The van der Waals surface area contributed by atoms with E-state index in [1.54, 1.807) is 30.3 Å². The fourth-order valence-corrected chi connectivity index (χ4v) is 3.43. The van der Waals surface area contributed by atoms with Gasteiger partial charge in [0.15, 0.2) is 0 Å². The number of hydrogen-bond donors (Lipinski definition) is 2. The minimum absolute atomic E-state index is 0.237. The van der Waals surface area contributed by atoms with E-state index in [4.69, 9.17) is 23.2 Å². The lowest BCUT2D eigenvalue weighted by atomic mass is 10.1. The van der Waals surface area contributed by atoms with Crippen molar-refractivity contribution >= 4 is 45.7 Å². The highest BCUT2D eigenvalue weighted by molar-refractivity contribution is 6.36. The maximum absolute atomic E-state index is 13.1. The number of halogens is 2. The second-order valence-electron chi connectivity index (χ2n) is 6.96. The van der Waals surface area contributed by atoms with Crippen molar-refractivity contribution in [2.45, 2.75) is 26.8 Å². The maximum Gasteiger partial charge on any atom is 0.267 e. The average Bonchev–Trinajstić information content (AvgIpc) is 2.64. The fraction of sp³-hybridized carbons (Fsp3) is 0.238. The van der Waals surface area contributed by atoms with Crippen LogP contribution in [-0.4, -0.2) is 15.6 Å². The van der Waals surface area contributed by atoms with E-state index in [2.05, 4.69) is 19.2 Å². The normalized spacial score (nSPS) is 11.2. The summed E-state index contributed by atoms with van der Waals surface area (Å²) in [5.74, 6) is -0.690. The molecule has 0 unspecified atom stereocenters. The molecule has 0 saturated carbocycles. The summed E-state index contributed by atoms with van der Waals surface area (Å²) < 4.78 is 1.54. The smallest absolute Gasteiger partial charge is 0.267 e. The van der Waals surface area contributed by atoms with Crippen LogP contribution >= 0.6 is 23.2 Å². The number of anilines is 1. The number of aromatic nitrogens is 1. The molecule has 1 amide bonds. The number of amides is 1. The van der Waals surface area contributed by atoms with Crippen LogP contribution < -0.4 is 10.9 Å². The molecular weight excluding hydrogens is 399 g/mol. The van der Waals surface area contributed by atoms with Gasteiger partial charge in [0.05, 0.1) is 16.2 Å². The topological polar surface area (TPSA) is 71.3 Å². The Bertz CT molecular complexity index is 1110. The van der Waals surface area contributed by atoms with Gasteiger partial charge in [-0.3, -0.25) is 9.59 Å². The Balaban J connectivity index is 2.11. The van der Waals surface area contributed by atoms with Crippen LogP contribution in [0.2, 0.25) is 10.0 Å². The lowest BCUT2D eigenvalue weighted by Crippen LogP contribution is -2.30. The van der Waals surface area contributed by atoms with Crippen LogP contribution in [0.5, 0.6) is 5.75 Å². The quantitative estimate of drug-likeness (QED) is 0.589. The van der Waals surface area contributed by atoms with Crippen molar-refractivity contribution in [3.8, 4) is 5.75 Å². The zero-order valence-electron chi connectivity index (χ0n) is 15.5. The van der Waals surface area contributed by atoms with Crippen LogP contribution in [0.15, 0.2) is 47.3 Å². The van der Waals surface area contributed by atoms with Crippen molar-refractivity contribution in [3.05, 3.63) is 68.4 Å². The van der Waals surface area contributed by atoms with Gasteiger partial charge in [-0.25, -0.2) is 0 Å². The first-order valence-electron chi connectivity index (χ1n) is 8.90. The zero-order valence-corrected chi connectivity index (χ0v) is 17.0. The SMILES string of the molecule is CC(C)CCn1c(=O)c(C(=O)Nc2ccc(Cl)cc2Cl)c(O)c2ccccc21. The number of pyridine rings is 1. The molecule has 28 heavy (non-hydrogen) atoms. The van der Waals surface area contributed by atoms with Crippen molar-refractivity contribution in [3.63, 3.8) is 0 Å². The number of carbonyl (C=O) groups is 1. The predicted molar refractivity (Wildman–Crippen MR) is 114 cm³/mol. The summed E-state index contributed by atoms with van der Waals surface area (Å²) in [6, 6.07) is 11.6. The second kappa shape index (κ2) is 8.25. The molecule has 0 aliphatic heterocycles. The number of nitrogens with zero attached hydrogens (tertiary/aromatic N) is 1. The van der Waals surface area contributed by atoms with Crippen molar-refractivity contribution in [1.82, 2.24) is 4.57 Å². The van der Waals surface area contributed by atoms with Crippen LogP contribution in [0.25, 0.3) is 10.9 Å². The third-order valence-electron chi connectivity index (χ3n) is 4.48. The summed E-state index contributed by atoms with van der Waals surface area (Å²) in [4.78, 5) is 25.9. The standard InChI is InChI=1S/C21H20Cl2N2O3/c1-12(2)9-10-25-17-6-4-3-5-14(17)19(26)18(21(25)28)20(27)24-16-8-7-13(22)11-15(16)23/h3-8,11-12,26H,9-10H2,1-2H3,(H,24,27). The van der Waals surface area contributed by atoms with E-state index in [1.807, 2.05) is 0 Å². The molecule has 0 spiro atoms. The van der Waals surface area contributed by atoms with Gasteiger partial charge in [0.1, 0.15) is 11.3 Å². The molecule has 0 aliphatic carbocycles. The van der Waals surface area contributed by atoms with Gasteiger partial charge < -0.3 is 15.0 Å². The summed E-state index contributed by atoms with van der Waals surface area (Å²) in [7, 11) is 0. The van der Waals surface area contributed by atoms with Crippen LogP contribution in [0.3, 0.4) is 0 Å². The van der Waals surface area contributed by atoms with Gasteiger partial charge in [-0.05, 0) is 42.7 Å². The first kappa shape index (κ1) is 20.2. The number of fused-ring (bicyclic) bond motifs is 1. The third kappa shape index (κ3) is 4.01. The molecule has 146 valence electrons. The highest BCUT2D eigenvalue weighted by Gasteiger charge is 2.23. The molecule has 0 atom stereocenters. The number of aromatic hydroxyl groups is 1. The largest absolute Gasteiger partial charge is 0.506 e. The maximum atomic E-state index is 13.1. The molecule has 1 heterocycles. The number of hydrogen-bond acceptors (Lipinski definition) is 3. The van der Waals surface area contributed by atoms with E-state index < -0.39 is 11.5 Å². The summed E-state index contributed by atoms with van der Waals surface area (Å²) in [5.41, 5.74) is 0.0383. The van der Waals surface area contributed by atoms with Gasteiger partial charge >= 0.3 is 0 Å². The zero-order chi connectivity index (χ0) is 20.4. The molecule has 3 rings (SSSR count). The summed E-state index contributed by atoms with van der Waals surface area (Å²) >= 11 is 12.0. The summed E-state index contributed by atoms with van der Waals surface area (Å²) in [6.45, 7) is 4.56. The van der Waals surface area contributed by atoms with Gasteiger partial charge in [0.25, 0.3) is 11.5 Å². The van der Waals surface area contributed by atoms with Crippen LogP contribution in [-0.2, 0) is 6.54 Å². The molecule has 2 N–H and O–H groups in total. The van der Waals surface area contributed by atoms with Crippen molar-refractivity contribution < 1.29 is 9.90 Å². The second-order valence-corrected chi connectivity index (χ2v) is 7.80. The molecule has 3 aromatic rings. The Hall–Kier alpha value is -2.50. The lowest BCUT2D eigenvalue weighted by molar-refractivity contribution is 0.102. The van der Waals surface area contributed by atoms with Crippen LogP contribution in [0.4, 0.5) is 5.69 Å². The number of carbonyl (C=O) groups excluding carboxylic acids is 1. The highest BCUT2D eigenvalue weighted by atomic mass is 35.5. The van der Waals surface area contributed by atoms with E-state index in [0.29, 0.717) is 34.1 Å². The van der Waals surface area contributed by atoms with Gasteiger partial charge in [-0.15, -0.1) is 0 Å². The molecule has 0 saturated heterocycles. The van der Waals surface area contributed by atoms with E-state index in [-0.39, 0.29) is 16.3 Å². The Morgan fingerprint density at radius 2 is 1.89 bits per heavy atom. The van der Waals surface area contributed by atoms with E-state index >= 15 is 0 Å². The monoisotopic (exact) mass is 418 g/mol. The minimum Gasteiger partial charge on any atom is -0.506 e. The molecular formula is C21H20Cl2N2O3. The Labute approximate surface area is 172 Å². The number of nitrogens with one attached hydrogen (secondary N) is 1. The molecule has 1 aromatic heterocycles. The first-order chi connectivity index (χ1) is 13.3. The molecule has 0 fully saturated rings. The van der Waals surface area contributed by atoms with Crippen molar-refractivity contribution in [2.75, 3.05) is 5.32 Å². The lowest BCUT2D eigenvalue weighted by Gasteiger charge is -2.16. The van der Waals surface area contributed by atoms with Gasteiger partial charge in [0.2, 0.25) is 0 Å². The average molecular weight is 419 g/mol. The first-order valence-corrected chi connectivity index (χ1v) is 9.66. The predicted octanol–water partition coefficient (Wildman–Crippen LogP) is 5.31. The van der Waals surface area contributed by atoms with Crippen molar-refractivity contribution in [2.24, 2.45) is 5.92 Å². The molecule has 0 bridgehead atoms.